The monoisotopic (exact) mass is 376 g/mol. The number of aliphatic hydroxyl groups is 1. The normalized spacial score (nSPS) is 28.6. The van der Waals surface area contributed by atoms with Gasteiger partial charge in [-0.15, -0.1) is 0 Å². The van der Waals surface area contributed by atoms with Crippen LogP contribution in [0.2, 0.25) is 0 Å². The predicted octanol–water partition coefficient (Wildman–Crippen LogP) is 1.86. The number of ketones is 1. The number of nitrogens with zero attached hydrogens (tertiary/aromatic N) is 1. The van der Waals surface area contributed by atoms with E-state index in [9.17, 15) is 19.5 Å². The number of hydrogen-bond acceptors (Lipinski definition) is 4. The summed E-state index contributed by atoms with van der Waals surface area (Å²) in [5.74, 6) is -2.89. The average Bonchev–Trinajstić information content (AvgIpc) is 2.69. The van der Waals surface area contributed by atoms with Gasteiger partial charge in [-0.1, -0.05) is 45.0 Å². The van der Waals surface area contributed by atoms with Crippen molar-refractivity contribution in [2.24, 2.45) is 11.8 Å². The highest BCUT2D eigenvalue weighted by molar-refractivity contribution is 5.93. The van der Waals surface area contributed by atoms with E-state index in [1.807, 2.05) is 0 Å². The molecule has 0 saturated heterocycles. The number of fused-ring (bicyclic) bond motifs is 1. The zero-order chi connectivity index (χ0) is 22.1. The molecule has 1 aliphatic heterocycles. The molecule has 1 unspecified atom stereocenters. The second-order valence-corrected chi connectivity index (χ2v) is 7.56. The van der Waals surface area contributed by atoms with Crippen LogP contribution in [0.15, 0.2) is 24.3 Å². The fourth-order valence-corrected chi connectivity index (χ4v) is 3.02. The van der Waals surface area contributed by atoms with E-state index >= 15 is 0 Å². The van der Waals surface area contributed by atoms with Crippen molar-refractivity contribution in [1.29, 1.82) is 0 Å². The largest absolute Gasteiger partial charge is 0.385 e. The first kappa shape index (κ1) is 18.2. The van der Waals surface area contributed by atoms with Gasteiger partial charge in [-0.05, 0) is 30.4 Å². The van der Waals surface area contributed by atoms with Crippen LogP contribution in [0.3, 0.4) is 0 Å². The van der Waals surface area contributed by atoms with E-state index in [4.69, 9.17) is 2.74 Å². The van der Waals surface area contributed by atoms with E-state index in [2.05, 4.69) is 5.32 Å². The van der Waals surface area contributed by atoms with Crippen molar-refractivity contribution >= 4 is 17.6 Å². The summed E-state index contributed by atoms with van der Waals surface area (Å²) in [6.45, 7) is 6.53. The molecule has 1 aromatic rings. The first-order valence-corrected chi connectivity index (χ1v) is 9.20. The molecule has 2 rings (SSSR count). The van der Waals surface area contributed by atoms with Crippen LogP contribution < -0.4 is 5.32 Å². The summed E-state index contributed by atoms with van der Waals surface area (Å²) in [5.41, 5.74) is 0.957. The van der Waals surface area contributed by atoms with Gasteiger partial charge in [0, 0.05) is 25.4 Å². The molecule has 27 heavy (non-hydrogen) atoms. The summed E-state index contributed by atoms with van der Waals surface area (Å²) in [7, 11) is 1.45. The number of likely N-dealkylation sites (N-methyl/N-ethyl adjacent to an activating group) is 1. The van der Waals surface area contributed by atoms with E-state index in [1.54, 1.807) is 45.0 Å². The minimum absolute atomic E-state index is 0.191. The first-order chi connectivity index (χ1) is 13.3. The number of carbonyl (C=O) groups is 3. The van der Waals surface area contributed by atoms with E-state index < -0.39 is 41.7 Å². The predicted molar refractivity (Wildman–Crippen MR) is 103 cm³/mol. The number of carbonyl (C=O) groups excluding carboxylic acids is 3. The lowest BCUT2D eigenvalue weighted by Gasteiger charge is -2.26. The van der Waals surface area contributed by atoms with Gasteiger partial charge in [0.15, 0.2) is 5.78 Å². The van der Waals surface area contributed by atoms with Crippen molar-refractivity contribution in [3.63, 3.8) is 0 Å². The molecular formula is C21H30N2O4. The molecule has 2 N–H and O–H groups in total. The van der Waals surface area contributed by atoms with Crippen LogP contribution in [0, 0.1) is 11.8 Å². The molecule has 1 aliphatic rings. The molecule has 0 saturated carbocycles. The quantitative estimate of drug-likeness (QED) is 0.793. The van der Waals surface area contributed by atoms with E-state index in [0.29, 0.717) is 11.1 Å². The van der Waals surface area contributed by atoms with Gasteiger partial charge in [0.2, 0.25) is 11.8 Å². The highest BCUT2D eigenvalue weighted by atomic mass is 16.3. The number of amides is 2. The summed E-state index contributed by atoms with van der Waals surface area (Å²) >= 11 is 0. The summed E-state index contributed by atoms with van der Waals surface area (Å²) in [4.78, 5) is 39.2. The minimum atomic E-state index is -2.10. The summed E-state index contributed by atoms with van der Waals surface area (Å²) in [5, 5.41) is 12.4. The van der Waals surface area contributed by atoms with Gasteiger partial charge in [0.25, 0.3) is 0 Å². The Balaban J connectivity index is 2.33. The molecule has 6 nitrogen and oxygen atoms in total. The van der Waals surface area contributed by atoms with Gasteiger partial charge in [-0.3, -0.25) is 14.4 Å². The second-order valence-electron chi connectivity index (χ2n) is 7.56. The third-order valence-corrected chi connectivity index (χ3v) is 4.99. The smallest absolute Gasteiger partial charge is 0.249 e. The Morgan fingerprint density at radius 2 is 1.96 bits per heavy atom. The van der Waals surface area contributed by atoms with Crippen molar-refractivity contribution in [3.8, 4) is 0 Å². The fourth-order valence-electron chi connectivity index (χ4n) is 3.02. The Hall–Kier alpha value is -2.21. The molecule has 2 amide bonds. The van der Waals surface area contributed by atoms with Gasteiger partial charge in [0.1, 0.15) is 12.1 Å². The number of Topliss-reactive ketones (excluding diaryl/α,β-unsaturated/α-hetero) is 1. The highest BCUT2D eigenvalue weighted by Gasteiger charge is 2.34. The fraction of sp³-hybridized carbons (Fsp3) is 0.571. The minimum Gasteiger partial charge on any atom is -0.385 e. The van der Waals surface area contributed by atoms with Crippen molar-refractivity contribution in [3.05, 3.63) is 35.4 Å². The highest BCUT2D eigenvalue weighted by Crippen LogP contribution is 2.27. The van der Waals surface area contributed by atoms with Crippen LogP contribution in [0.5, 0.6) is 0 Å². The number of benzene rings is 1. The third-order valence-electron chi connectivity index (χ3n) is 4.99. The van der Waals surface area contributed by atoms with Crippen molar-refractivity contribution < 1.29 is 22.2 Å². The van der Waals surface area contributed by atoms with E-state index in [1.165, 1.54) is 18.9 Å². The van der Waals surface area contributed by atoms with Crippen LogP contribution in [0.4, 0.5) is 0 Å². The Morgan fingerprint density at radius 3 is 2.59 bits per heavy atom. The zero-order valence-corrected chi connectivity index (χ0v) is 16.6. The van der Waals surface area contributed by atoms with Crippen molar-refractivity contribution in [2.75, 3.05) is 7.05 Å². The molecular weight excluding hydrogens is 344 g/mol. The molecule has 0 aliphatic carbocycles. The Kier molecular flexibility index (Phi) is 5.82. The van der Waals surface area contributed by atoms with Crippen LogP contribution in [0.25, 0.3) is 0 Å². The standard InChI is InChI=1S/C21H30N2O4/c1-12(2)19(25)17(24)10-13(3)20(26)22-18-16-9-7-6-8-15(16)11-14(4)23(5)21(18)27/h6-9,12-14,18-19,25H,10-11H2,1-5H3,(H,22,26)/t13-,14?,18+,19+/m1/s1/i14D,18D. The molecule has 148 valence electrons. The van der Waals surface area contributed by atoms with E-state index in [-0.39, 0.29) is 18.8 Å². The van der Waals surface area contributed by atoms with Crippen LogP contribution in [0.1, 0.15) is 54.0 Å². The molecule has 0 bridgehead atoms. The summed E-state index contributed by atoms with van der Waals surface area (Å²) in [6, 6.07) is 3.42. The molecule has 0 radical (unpaired) electrons. The van der Waals surface area contributed by atoms with Crippen molar-refractivity contribution in [2.45, 2.75) is 58.7 Å². The van der Waals surface area contributed by atoms with E-state index in [0.717, 1.165) is 0 Å². The maximum Gasteiger partial charge on any atom is 0.249 e. The molecule has 6 heteroatoms. The number of nitrogens with one attached hydrogen (secondary N) is 1. The van der Waals surface area contributed by atoms with Crippen molar-refractivity contribution in [1.82, 2.24) is 10.2 Å². The van der Waals surface area contributed by atoms with Crippen LogP contribution in [-0.4, -0.2) is 46.8 Å². The number of aliphatic hydroxyl groups excluding tert-OH is 1. The Labute approximate surface area is 163 Å². The zero-order valence-electron chi connectivity index (χ0n) is 18.6. The average molecular weight is 376 g/mol. The van der Waals surface area contributed by atoms with Gasteiger partial charge in [-0.2, -0.15) is 0 Å². The van der Waals surface area contributed by atoms with Gasteiger partial charge in [0.05, 0.1) is 2.74 Å². The van der Waals surface area contributed by atoms with Crippen LogP contribution >= 0.6 is 0 Å². The number of rotatable bonds is 6. The third kappa shape index (κ3) is 4.75. The molecule has 0 spiro atoms. The summed E-state index contributed by atoms with van der Waals surface area (Å²) in [6.07, 6.45) is -1.13. The summed E-state index contributed by atoms with van der Waals surface area (Å²) < 4.78 is 17.4. The molecule has 1 heterocycles. The first-order valence-electron chi connectivity index (χ1n) is 10.2. The molecule has 0 fully saturated rings. The molecule has 0 aromatic heterocycles. The van der Waals surface area contributed by atoms with Crippen LogP contribution in [-0.2, 0) is 20.8 Å². The maximum absolute atomic E-state index is 13.1. The lowest BCUT2D eigenvalue weighted by Crippen LogP contribution is -2.44. The Morgan fingerprint density at radius 1 is 1.33 bits per heavy atom. The SMILES string of the molecule is [2H]C1(C)Cc2ccccc2[C@]([2H])(NC(=O)[C@H](C)CC(=O)[C@@H](O)C(C)C)C(=O)N1C. The van der Waals surface area contributed by atoms with Gasteiger partial charge >= 0.3 is 0 Å². The molecule has 4 atom stereocenters. The second kappa shape index (κ2) is 8.65. The van der Waals surface area contributed by atoms with Gasteiger partial charge in [-0.25, -0.2) is 0 Å². The molecule has 1 aromatic carbocycles. The maximum atomic E-state index is 13.1. The Bertz CT molecular complexity index is 812. The lowest BCUT2D eigenvalue weighted by molar-refractivity contribution is -0.138. The lowest BCUT2D eigenvalue weighted by atomic mass is 9.94. The van der Waals surface area contributed by atoms with Gasteiger partial charge < -0.3 is 15.3 Å². The number of hydrogen-bond donors (Lipinski definition) is 2. The topological polar surface area (TPSA) is 86.7 Å².